The van der Waals surface area contributed by atoms with E-state index >= 15 is 0 Å². The van der Waals surface area contributed by atoms with Crippen LogP contribution in [0.2, 0.25) is 0 Å². The smallest absolute Gasteiger partial charge is 0.260 e. The van der Waals surface area contributed by atoms with E-state index in [1.54, 1.807) is 0 Å². The normalized spacial score (nSPS) is 15.1. The van der Waals surface area contributed by atoms with Crippen molar-refractivity contribution < 1.29 is 9.47 Å². The minimum absolute atomic E-state index is 0.0167. The molecule has 0 fully saturated rings. The number of hydrogen-bond acceptors (Lipinski definition) is 4. The number of hydrogen-bond donors (Lipinski definition) is 0. The van der Waals surface area contributed by atoms with E-state index in [1.165, 1.54) is 82.3 Å². The maximum absolute atomic E-state index is 7.72. The first-order valence-corrected chi connectivity index (χ1v) is 34.8. The van der Waals surface area contributed by atoms with Gasteiger partial charge >= 0.3 is 0 Å². The van der Waals surface area contributed by atoms with E-state index in [0.717, 1.165) is 114 Å². The Morgan fingerprint density at radius 2 is 0.837 bits per heavy atom. The van der Waals surface area contributed by atoms with Gasteiger partial charge in [0.2, 0.25) is 0 Å². The van der Waals surface area contributed by atoms with Gasteiger partial charge in [-0.2, -0.15) is 0 Å². The second-order valence-corrected chi connectivity index (χ2v) is 30.1. The lowest BCUT2D eigenvalue weighted by Gasteiger charge is -2.45. The fourth-order valence-electron chi connectivity index (χ4n) is 18.1. The van der Waals surface area contributed by atoms with Crippen molar-refractivity contribution in [2.24, 2.45) is 0 Å². The molecular formula is C90H70B2N4O2. The molecule has 468 valence electrons. The molecule has 0 amide bonds. The maximum atomic E-state index is 7.72. The summed E-state index contributed by atoms with van der Waals surface area (Å²) in [5.41, 5.74) is 29.0. The lowest BCUT2D eigenvalue weighted by Crippen LogP contribution is -2.61. The van der Waals surface area contributed by atoms with Gasteiger partial charge in [0.05, 0.1) is 22.1 Å². The quantitative estimate of drug-likeness (QED) is 0.155. The fraction of sp³-hybridized carbons (Fsp3) is 0.133. The summed E-state index contributed by atoms with van der Waals surface area (Å²) in [7, 11) is 0. The molecule has 8 heteroatoms. The second-order valence-electron chi connectivity index (χ2n) is 30.1. The van der Waals surface area contributed by atoms with Crippen LogP contribution in [0.3, 0.4) is 0 Å². The van der Waals surface area contributed by atoms with Crippen molar-refractivity contribution in [1.29, 1.82) is 0 Å². The Morgan fingerprint density at radius 1 is 0.347 bits per heavy atom. The molecule has 15 aromatic rings. The van der Waals surface area contributed by atoms with Crippen molar-refractivity contribution in [3.63, 3.8) is 0 Å². The van der Waals surface area contributed by atoms with Crippen molar-refractivity contribution in [2.45, 2.75) is 77.6 Å². The molecule has 1 aliphatic carbocycles. The van der Waals surface area contributed by atoms with Crippen LogP contribution in [0, 0.1) is 0 Å². The monoisotopic (exact) mass is 1260 g/mol. The Labute approximate surface area is 572 Å². The first-order chi connectivity index (χ1) is 47.8. The first-order valence-electron chi connectivity index (χ1n) is 34.8. The Bertz CT molecular complexity index is 5580. The van der Waals surface area contributed by atoms with Crippen molar-refractivity contribution in [2.75, 3.05) is 9.80 Å². The SMILES string of the molecule is CC(C)(C)c1c(-c2cc3c4c(c2)N(c2ccccc2)c2cc(-n5c6ccccc6c6ccccc65)ccc2B4c2ccc(-n4c5ccccc5c5ccccc54)cc2N3c2ccccc2)cc2c3c1Oc1ccc(-c4cccc5c4C(C)(C)CCC5(C)C)cc1B3c1ccccc1O2. The molecule has 20 rings (SSSR count). The number of anilines is 6. The average molecular weight is 1260 g/mol. The van der Waals surface area contributed by atoms with Gasteiger partial charge in [-0.05, 0) is 193 Å². The van der Waals surface area contributed by atoms with E-state index in [1.807, 2.05) is 0 Å². The highest BCUT2D eigenvalue weighted by molar-refractivity contribution is 7.00. The van der Waals surface area contributed by atoms with Crippen molar-refractivity contribution >= 4 is 124 Å². The van der Waals surface area contributed by atoms with Gasteiger partial charge < -0.3 is 28.4 Å². The fourth-order valence-corrected chi connectivity index (χ4v) is 18.1. The lowest BCUT2D eigenvalue weighted by atomic mass is 9.33. The molecule has 0 bridgehead atoms. The molecule has 0 atom stereocenters. The molecule has 0 radical (unpaired) electrons. The van der Waals surface area contributed by atoms with Gasteiger partial charge in [0, 0.05) is 78.1 Å². The van der Waals surface area contributed by atoms with Gasteiger partial charge in [-0.3, -0.25) is 0 Å². The molecular weight excluding hydrogens is 1190 g/mol. The van der Waals surface area contributed by atoms with Gasteiger partial charge in [0.15, 0.2) is 0 Å². The first kappa shape index (κ1) is 57.1. The van der Waals surface area contributed by atoms with Crippen molar-refractivity contribution in [1.82, 2.24) is 9.13 Å². The zero-order valence-corrected chi connectivity index (χ0v) is 56.2. The van der Waals surface area contributed by atoms with Crippen LogP contribution >= 0.6 is 0 Å². The predicted molar refractivity (Wildman–Crippen MR) is 412 cm³/mol. The van der Waals surface area contributed by atoms with E-state index < -0.39 is 5.41 Å². The Kier molecular flexibility index (Phi) is 12.0. The molecule has 0 saturated heterocycles. The average Bonchev–Trinajstić information content (AvgIpc) is 0.769. The number of fused-ring (bicyclic) bond motifs is 15. The summed E-state index contributed by atoms with van der Waals surface area (Å²) in [6, 6.07) is 102. The summed E-state index contributed by atoms with van der Waals surface area (Å²) in [5.74, 6) is 3.43. The standard InChI is InChI=1S/C90H70B2N4O2/c1-88(2,3)84-66(54-82-86-87(84)98-81-46-41-55(49-71(81)92(86)70-35-18-23-40-80(70)97-82)61-33-24-34-67-83(61)90(6,7)48-47-89(67,4)5)56-50-78-85-79(51-56)94(58-27-12-9-13-28-58)77-53-60(96-74-38-21-16-31-64(74)65-32-17-22-39-75(65)96)43-45-69(77)91(85)68-44-42-59(52-76(68)93(78)57-25-10-8-11-26-57)95-72-36-19-14-29-62(72)63-30-15-20-37-73(63)95/h8-46,49-54H,47-48H2,1-7H3. The van der Waals surface area contributed by atoms with Gasteiger partial charge in [0.1, 0.15) is 23.0 Å². The van der Waals surface area contributed by atoms with Crippen LogP contribution in [0.1, 0.15) is 78.0 Å². The van der Waals surface area contributed by atoms with Crippen LogP contribution in [0.4, 0.5) is 34.1 Å². The number of para-hydroxylation sites is 7. The van der Waals surface area contributed by atoms with Crippen LogP contribution in [-0.2, 0) is 16.2 Å². The maximum Gasteiger partial charge on any atom is 0.260 e. The molecule has 0 unspecified atom stereocenters. The Hall–Kier alpha value is -11.2. The summed E-state index contributed by atoms with van der Waals surface area (Å²) < 4.78 is 20.0. The van der Waals surface area contributed by atoms with Crippen LogP contribution in [0.25, 0.3) is 77.2 Å². The summed E-state index contributed by atoms with van der Waals surface area (Å²) in [6.45, 7) is 16.5. The zero-order chi connectivity index (χ0) is 65.7. The third kappa shape index (κ3) is 8.18. The van der Waals surface area contributed by atoms with Crippen LogP contribution in [0.5, 0.6) is 23.0 Å². The molecule has 0 saturated carbocycles. The van der Waals surface area contributed by atoms with Crippen LogP contribution in [-0.4, -0.2) is 22.6 Å². The largest absolute Gasteiger partial charge is 0.458 e. The number of rotatable bonds is 6. The highest BCUT2D eigenvalue weighted by Crippen LogP contribution is 2.54. The molecule has 0 N–H and O–H groups in total. The van der Waals surface area contributed by atoms with Crippen LogP contribution in [0.15, 0.2) is 273 Å². The summed E-state index contributed by atoms with van der Waals surface area (Å²) in [6.07, 6.45) is 2.30. The van der Waals surface area contributed by atoms with Gasteiger partial charge in [-0.25, -0.2) is 0 Å². The minimum Gasteiger partial charge on any atom is -0.458 e. The highest BCUT2D eigenvalue weighted by Gasteiger charge is 2.48. The molecule has 2 aromatic heterocycles. The predicted octanol–water partition coefficient (Wildman–Crippen LogP) is 19.7. The molecule has 98 heavy (non-hydrogen) atoms. The number of nitrogens with zero attached hydrogens (tertiary/aromatic N) is 4. The number of aromatic nitrogens is 2. The van der Waals surface area contributed by atoms with Gasteiger partial charge in [-0.1, -0.05) is 218 Å². The zero-order valence-electron chi connectivity index (χ0n) is 56.2. The van der Waals surface area contributed by atoms with E-state index in [4.69, 9.17) is 9.47 Å². The van der Waals surface area contributed by atoms with Gasteiger partial charge in [0.25, 0.3) is 13.4 Å². The third-order valence-corrected chi connectivity index (χ3v) is 22.5. The van der Waals surface area contributed by atoms with E-state index in [2.05, 4.69) is 340 Å². The lowest BCUT2D eigenvalue weighted by molar-refractivity contribution is 0.333. The topological polar surface area (TPSA) is 34.8 Å². The van der Waals surface area contributed by atoms with E-state index in [0.29, 0.717) is 0 Å². The summed E-state index contributed by atoms with van der Waals surface area (Å²) in [5, 5.41) is 4.93. The minimum atomic E-state index is -0.429. The molecule has 0 spiro atoms. The Balaban J connectivity index is 0.863. The number of ether oxygens (including phenoxy) is 2. The van der Waals surface area contributed by atoms with Crippen LogP contribution < -0.4 is 52.1 Å². The van der Waals surface area contributed by atoms with E-state index in [9.17, 15) is 0 Å². The Morgan fingerprint density at radius 3 is 1.39 bits per heavy atom. The third-order valence-electron chi connectivity index (χ3n) is 22.5. The van der Waals surface area contributed by atoms with Crippen molar-refractivity contribution in [3.05, 3.63) is 290 Å². The summed E-state index contributed by atoms with van der Waals surface area (Å²) in [4.78, 5) is 5.12. The number of benzene rings is 13. The highest BCUT2D eigenvalue weighted by atomic mass is 16.5. The van der Waals surface area contributed by atoms with Crippen molar-refractivity contribution in [3.8, 4) is 56.6 Å². The summed E-state index contributed by atoms with van der Waals surface area (Å²) >= 11 is 0. The molecule has 6 nitrogen and oxygen atoms in total. The van der Waals surface area contributed by atoms with E-state index in [-0.39, 0.29) is 24.3 Å². The molecule has 5 aliphatic rings. The second kappa shape index (κ2) is 20.7. The molecule has 6 heterocycles. The van der Waals surface area contributed by atoms with Gasteiger partial charge in [-0.15, -0.1) is 0 Å². The molecule has 4 aliphatic heterocycles. The molecule has 13 aromatic carbocycles.